The molecule has 1 N–H and O–H groups in total. The fraction of sp³-hybridized carbons (Fsp3) is 0.294. The van der Waals surface area contributed by atoms with Gasteiger partial charge in [-0.15, -0.1) is 11.3 Å². The molecule has 0 bridgehead atoms. The molecule has 0 saturated heterocycles. The zero-order valence-corrected chi connectivity index (χ0v) is 12.5. The van der Waals surface area contributed by atoms with Crippen molar-refractivity contribution in [1.82, 2.24) is 4.90 Å². The van der Waals surface area contributed by atoms with Crippen molar-refractivity contribution in [2.75, 3.05) is 19.8 Å². The molecule has 0 radical (unpaired) electrons. The number of aliphatic hydroxyl groups excluding tert-OH is 1. The van der Waals surface area contributed by atoms with E-state index in [1.54, 1.807) is 11.3 Å². The molecular formula is C17H17NO2S. The summed E-state index contributed by atoms with van der Waals surface area (Å²) in [6.07, 6.45) is 0. The second kappa shape index (κ2) is 6.77. The molecule has 4 heteroatoms. The molecule has 1 aliphatic rings. The summed E-state index contributed by atoms with van der Waals surface area (Å²) >= 11 is 1.72. The average molecular weight is 299 g/mol. The van der Waals surface area contributed by atoms with Crippen LogP contribution in [0.3, 0.4) is 0 Å². The first kappa shape index (κ1) is 14.2. The van der Waals surface area contributed by atoms with E-state index in [4.69, 9.17) is 9.84 Å². The van der Waals surface area contributed by atoms with E-state index in [1.165, 1.54) is 10.4 Å². The third-order valence-corrected chi connectivity index (χ3v) is 4.35. The Morgan fingerprint density at radius 3 is 3.10 bits per heavy atom. The van der Waals surface area contributed by atoms with Crippen molar-refractivity contribution in [2.45, 2.75) is 13.1 Å². The van der Waals surface area contributed by atoms with Crippen LogP contribution in [-0.2, 0) is 13.1 Å². The minimum absolute atomic E-state index is 0.0970. The second-order valence-electron chi connectivity index (χ2n) is 4.88. The van der Waals surface area contributed by atoms with E-state index < -0.39 is 0 Å². The molecule has 0 fully saturated rings. The predicted molar refractivity (Wildman–Crippen MR) is 84.3 cm³/mol. The fourth-order valence-corrected chi connectivity index (χ4v) is 3.30. The van der Waals surface area contributed by atoms with Crippen LogP contribution in [0.2, 0.25) is 0 Å². The first-order valence-corrected chi connectivity index (χ1v) is 7.84. The van der Waals surface area contributed by atoms with Gasteiger partial charge in [0, 0.05) is 35.6 Å². The summed E-state index contributed by atoms with van der Waals surface area (Å²) in [6, 6.07) is 10.2. The quantitative estimate of drug-likeness (QED) is 0.865. The predicted octanol–water partition coefficient (Wildman–Crippen LogP) is 2.49. The van der Waals surface area contributed by atoms with Crippen LogP contribution in [0, 0.1) is 11.8 Å². The van der Waals surface area contributed by atoms with Gasteiger partial charge < -0.3 is 9.84 Å². The average Bonchev–Trinajstić information content (AvgIpc) is 2.83. The van der Waals surface area contributed by atoms with Crippen LogP contribution < -0.4 is 4.74 Å². The van der Waals surface area contributed by atoms with E-state index in [9.17, 15) is 0 Å². The molecule has 2 aromatic rings. The maximum Gasteiger partial charge on any atom is 0.123 e. The number of hydrogen-bond acceptors (Lipinski definition) is 4. The number of nitrogens with zero attached hydrogens (tertiary/aromatic N) is 1. The van der Waals surface area contributed by atoms with Gasteiger partial charge in [0.05, 0.1) is 0 Å². The van der Waals surface area contributed by atoms with Crippen LogP contribution in [0.25, 0.3) is 0 Å². The van der Waals surface area contributed by atoms with E-state index in [0.717, 1.165) is 30.9 Å². The molecule has 108 valence electrons. The highest BCUT2D eigenvalue weighted by Crippen LogP contribution is 2.25. The van der Waals surface area contributed by atoms with Crippen LogP contribution in [0.5, 0.6) is 5.75 Å². The molecule has 2 heterocycles. The summed E-state index contributed by atoms with van der Waals surface area (Å²) in [5.41, 5.74) is 2.25. The Hall–Kier alpha value is -1.80. The number of para-hydroxylation sites is 1. The molecular weight excluding hydrogens is 282 g/mol. The second-order valence-corrected chi connectivity index (χ2v) is 5.88. The van der Waals surface area contributed by atoms with Crippen LogP contribution in [-0.4, -0.2) is 29.8 Å². The molecule has 0 unspecified atom stereocenters. The van der Waals surface area contributed by atoms with Gasteiger partial charge in [-0.25, -0.2) is 0 Å². The van der Waals surface area contributed by atoms with Gasteiger partial charge in [0.15, 0.2) is 0 Å². The molecule has 0 spiro atoms. The van der Waals surface area contributed by atoms with E-state index in [-0.39, 0.29) is 6.61 Å². The zero-order valence-electron chi connectivity index (χ0n) is 11.7. The van der Waals surface area contributed by atoms with Crippen molar-refractivity contribution in [3.8, 4) is 17.6 Å². The summed E-state index contributed by atoms with van der Waals surface area (Å²) < 4.78 is 5.79. The molecule has 0 aliphatic carbocycles. The SMILES string of the molecule is OCC#Cc1ccsc1CN1CCOc2ccccc2C1. The van der Waals surface area contributed by atoms with Gasteiger partial charge in [-0.3, -0.25) is 4.90 Å². The van der Waals surface area contributed by atoms with Gasteiger partial charge in [-0.2, -0.15) is 0 Å². The lowest BCUT2D eigenvalue weighted by atomic mass is 10.2. The smallest absolute Gasteiger partial charge is 0.123 e. The van der Waals surface area contributed by atoms with Crippen molar-refractivity contribution < 1.29 is 9.84 Å². The summed E-state index contributed by atoms with van der Waals surface area (Å²) in [6.45, 7) is 3.27. The molecule has 0 amide bonds. The van der Waals surface area contributed by atoms with E-state index in [2.05, 4.69) is 34.3 Å². The lowest BCUT2D eigenvalue weighted by molar-refractivity contribution is 0.221. The maximum atomic E-state index is 8.83. The normalized spacial score (nSPS) is 14.5. The Balaban J connectivity index is 1.75. The highest BCUT2D eigenvalue weighted by atomic mass is 32.1. The minimum atomic E-state index is -0.0970. The lowest BCUT2D eigenvalue weighted by Gasteiger charge is -2.18. The van der Waals surface area contributed by atoms with Crippen LogP contribution in [0.1, 0.15) is 16.0 Å². The van der Waals surface area contributed by atoms with E-state index >= 15 is 0 Å². The van der Waals surface area contributed by atoms with E-state index in [0.29, 0.717) is 6.61 Å². The van der Waals surface area contributed by atoms with Crippen molar-refractivity contribution in [2.24, 2.45) is 0 Å². The largest absolute Gasteiger partial charge is 0.492 e. The summed E-state index contributed by atoms with van der Waals surface area (Å²) in [4.78, 5) is 3.62. The molecule has 21 heavy (non-hydrogen) atoms. The Kier molecular flexibility index (Phi) is 4.56. The van der Waals surface area contributed by atoms with Gasteiger partial charge in [0.2, 0.25) is 0 Å². The Morgan fingerprint density at radius 2 is 2.19 bits per heavy atom. The molecule has 3 nitrogen and oxygen atoms in total. The van der Waals surface area contributed by atoms with Crippen molar-refractivity contribution in [1.29, 1.82) is 0 Å². The zero-order chi connectivity index (χ0) is 14.5. The summed E-state index contributed by atoms with van der Waals surface area (Å²) in [7, 11) is 0. The molecule has 1 aliphatic heterocycles. The Labute approximate surface area is 128 Å². The number of benzene rings is 1. The third kappa shape index (κ3) is 3.45. The van der Waals surface area contributed by atoms with Gasteiger partial charge in [-0.1, -0.05) is 30.0 Å². The van der Waals surface area contributed by atoms with Gasteiger partial charge in [-0.05, 0) is 17.5 Å². The number of ether oxygens (including phenoxy) is 1. The van der Waals surface area contributed by atoms with Gasteiger partial charge >= 0.3 is 0 Å². The molecule has 1 aromatic heterocycles. The number of fused-ring (bicyclic) bond motifs is 1. The third-order valence-electron chi connectivity index (χ3n) is 3.45. The summed E-state index contributed by atoms with van der Waals surface area (Å²) in [5, 5.41) is 10.9. The highest BCUT2D eigenvalue weighted by Gasteiger charge is 2.16. The molecule has 0 saturated carbocycles. The van der Waals surface area contributed by atoms with Crippen molar-refractivity contribution >= 4 is 11.3 Å². The monoisotopic (exact) mass is 299 g/mol. The first-order valence-electron chi connectivity index (χ1n) is 6.96. The number of thiophene rings is 1. The number of hydrogen-bond donors (Lipinski definition) is 1. The van der Waals surface area contributed by atoms with Crippen molar-refractivity contribution in [3.63, 3.8) is 0 Å². The first-order chi connectivity index (χ1) is 10.4. The van der Waals surface area contributed by atoms with E-state index in [1.807, 2.05) is 18.2 Å². The standard InChI is InChI=1S/C17H17NO2S/c19-9-3-5-14-7-11-21-17(14)13-18-8-10-20-16-6-2-1-4-15(16)12-18/h1-2,4,6-7,11,19H,8-10,12-13H2. The molecule has 3 rings (SSSR count). The topological polar surface area (TPSA) is 32.7 Å². The highest BCUT2D eigenvalue weighted by molar-refractivity contribution is 7.10. The van der Waals surface area contributed by atoms with Crippen molar-refractivity contribution in [3.05, 3.63) is 51.7 Å². The Morgan fingerprint density at radius 1 is 1.29 bits per heavy atom. The summed E-state index contributed by atoms with van der Waals surface area (Å²) in [5.74, 6) is 6.74. The minimum Gasteiger partial charge on any atom is -0.492 e. The van der Waals surface area contributed by atoms with Crippen LogP contribution in [0.4, 0.5) is 0 Å². The fourth-order valence-electron chi connectivity index (χ4n) is 2.43. The Bertz CT molecular complexity index is 669. The van der Waals surface area contributed by atoms with Gasteiger partial charge in [0.25, 0.3) is 0 Å². The number of aliphatic hydroxyl groups is 1. The van der Waals surface area contributed by atoms with Crippen LogP contribution in [0.15, 0.2) is 35.7 Å². The van der Waals surface area contributed by atoms with Crippen LogP contribution >= 0.6 is 11.3 Å². The maximum absolute atomic E-state index is 8.83. The molecule has 1 aromatic carbocycles. The molecule has 0 atom stereocenters. The van der Waals surface area contributed by atoms with Gasteiger partial charge in [0.1, 0.15) is 19.0 Å². The lowest BCUT2D eigenvalue weighted by Crippen LogP contribution is -2.25. The number of rotatable bonds is 2.